The fourth-order valence-electron chi connectivity index (χ4n) is 1.89. The summed E-state index contributed by atoms with van der Waals surface area (Å²) in [5.74, 6) is 1.51. The Balaban J connectivity index is 2.41. The Morgan fingerprint density at radius 3 is 2.30 bits per heavy atom. The first kappa shape index (κ1) is 13.7. The molecule has 0 unspecified atom stereocenters. The Labute approximate surface area is 118 Å². The number of allylic oxidation sites excluding steroid dienone is 1. The van der Waals surface area contributed by atoms with Gasteiger partial charge in [0, 0.05) is 5.56 Å². The van der Waals surface area contributed by atoms with Crippen LogP contribution in [0.15, 0.2) is 48.5 Å². The molecule has 100 valence electrons. The van der Waals surface area contributed by atoms with Gasteiger partial charge in [0.1, 0.15) is 11.5 Å². The normalized spacial score (nSPS) is 10.8. The molecule has 2 rings (SSSR count). The highest BCUT2D eigenvalue weighted by atomic mass is 16.5. The van der Waals surface area contributed by atoms with Gasteiger partial charge >= 0.3 is 0 Å². The van der Waals surface area contributed by atoms with Gasteiger partial charge in [-0.2, -0.15) is 5.26 Å². The first-order valence-electron chi connectivity index (χ1n) is 6.17. The molecule has 0 aliphatic rings. The maximum atomic E-state index is 9.34. The number of benzene rings is 2. The van der Waals surface area contributed by atoms with Crippen molar-refractivity contribution >= 4 is 11.6 Å². The van der Waals surface area contributed by atoms with E-state index in [1.165, 1.54) is 0 Å². The number of ether oxygens (including phenoxy) is 2. The third kappa shape index (κ3) is 2.99. The molecule has 2 aromatic rings. The van der Waals surface area contributed by atoms with Crippen molar-refractivity contribution in [2.75, 3.05) is 14.2 Å². The maximum absolute atomic E-state index is 9.34. The van der Waals surface area contributed by atoms with Crippen LogP contribution in [-0.4, -0.2) is 14.2 Å². The van der Waals surface area contributed by atoms with E-state index >= 15 is 0 Å². The largest absolute Gasteiger partial charge is 0.497 e. The molecule has 0 fully saturated rings. The topological polar surface area (TPSA) is 42.2 Å². The summed E-state index contributed by atoms with van der Waals surface area (Å²) in [6.45, 7) is 0. The van der Waals surface area contributed by atoms with Gasteiger partial charge in [0.15, 0.2) is 0 Å². The van der Waals surface area contributed by atoms with Crippen LogP contribution < -0.4 is 9.47 Å². The molecule has 0 N–H and O–H groups in total. The van der Waals surface area contributed by atoms with Gasteiger partial charge in [-0.15, -0.1) is 0 Å². The molecule has 0 aliphatic heterocycles. The minimum absolute atomic E-state index is 0.581. The minimum atomic E-state index is 0.581. The van der Waals surface area contributed by atoms with Crippen LogP contribution in [0.5, 0.6) is 11.5 Å². The summed E-state index contributed by atoms with van der Waals surface area (Å²) >= 11 is 0. The predicted octanol–water partition coefficient (Wildman–Crippen LogP) is 3.77. The van der Waals surface area contributed by atoms with Crippen LogP contribution in [0.3, 0.4) is 0 Å². The summed E-state index contributed by atoms with van der Waals surface area (Å²) in [5, 5.41) is 9.34. The fourth-order valence-corrected chi connectivity index (χ4v) is 1.89. The van der Waals surface area contributed by atoms with Gasteiger partial charge in [0.25, 0.3) is 0 Å². The summed E-state index contributed by atoms with van der Waals surface area (Å²) < 4.78 is 10.4. The molecular formula is C17H15NO2. The van der Waals surface area contributed by atoms with Gasteiger partial charge < -0.3 is 9.47 Å². The molecule has 0 aliphatic carbocycles. The molecule has 3 heteroatoms. The van der Waals surface area contributed by atoms with Crippen LogP contribution in [0, 0.1) is 11.3 Å². The first-order valence-corrected chi connectivity index (χ1v) is 6.17. The number of nitrogens with zero attached hydrogens (tertiary/aromatic N) is 1. The van der Waals surface area contributed by atoms with Gasteiger partial charge in [0.2, 0.25) is 0 Å². The van der Waals surface area contributed by atoms with E-state index in [2.05, 4.69) is 6.07 Å². The molecule has 0 bridgehead atoms. The molecule has 0 radical (unpaired) electrons. The first-order chi connectivity index (χ1) is 9.78. The summed E-state index contributed by atoms with van der Waals surface area (Å²) in [7, 11) is 3.23. The lowest BCUT2D eigenvalue weighted by Crippen LogP contribution is -1.88. The Kier molecular flexibility index (Phi) is 4.41. The second-order valence-corrected chi connectivity index (χ2v) is 4.14. The average molecular weight is 265 g/mol. The van der Waals surface area contributed by atoms with E-state index in [1.807, 2.05) is 54.6 Å². The van der Waals surface area contributed by atoms with E-state index in [1.54, 1.807) is 14.2 Å². The van der Waals surface area contributed by atoms with Crippen molar-refractivity contribution in [2.24, 2.45) is 0 Å². The van der Waals surface area contributed by atoms with Crippen molar-refractivity contribution in [2.45, 2.75) is 0 Å². The third-order valence-electron chi connectivity index (χ3n) is 2.96. The lowest BCUT2D eigenvalue weighted by atomic mass is 10.0. The van der Waals surface area contributed by atoms with Crippen LogP contribution in [0.2, 0.25) is 0 Å². The lowest BCUT2D eigenvalue weighted by Gasteiger charge is -2.06. The summed E-state index contributed by atoms with van der Waals surface area (Å²) in [6, 6.07) is 17.2. The molecule has 3 nitrogen and oxygen atoms in total. The number of methoxy groups -OCH3 is 2. The Hall–Kier alpha value is -2.73. The third-order valence-corrected chi connectivity index (χ3v) is 2.96. The van der Waals surface area contributed by atoms with Crippen LogP contribution in [0.25, 0.3) is 11.6 Å². The summed E-state index contributed by atoms with van der Waals surface area (Å²) in [5.41, 5.74) is 2.30. The zero-order valence-corrected chi connectivity index (χ0v) is 11.5. The van der Waals surface area contributed by atoms with Crippen molar-refractivity contribution in [3.63, 3.8) is 0 Å². The number of para-hydroxylation sites is 1. The Bertz CT molecular complexity index is 651. The smallest absolute Gasteiger partial charge is 0.126 e. The average Bonchev–Trinajstić information content (AvgIpc) is 2.53. The van der Waals surface area contributed by atoms with Crippen LogP contribution in [0.4, 0.5) is 0 Å². The van der Waals surface area contributed by atoms with E-state index < -0.39 is 0 Å². The van der Waals surface area contributed by atoms with E-state index in [0.717, 1.165) is 22.6 Å². The zero-order valence-electron chi connectivity index (χ0n) is 11.5. The quantitative estimate of drug-likeness (QED) is 0.624. The maximum Gasteiger partial charge on any atom is 0.126 e. The van der Waals surface area contributed by atoms with Crippen molar-refractivity contribution < 1.29 is 9.47 Å². The van der Waals surface area contributed by atoms with Crippen LogP contribution in [-0.2, 0) is 0 Å². The van der Waals surface area contributed by atoms with E-state index in [9.17, 15) is 5.26 Å². The molecule has 0 spiro atoms. The second-order valence-electron chi connectivity index (χ2n) is 4.14. The van der Waals surface area contributed by atoms with E-state index in [-0.39, 0.29) is 0 Å². The van der Waals surface area contributed by atoms with Gasteiger partial charge in [-0.25, -0.2) is 0 Å². The van der Waals surface area contributed by atoms with E-state index in [4.69, 9.17) is 9.47 Å². The zero-order chi connectivity index (χ0) is 14.4. The Morgan fingerprint density at radius 2 is 1.70 bits per heavy atom. The molecule has 0 amide bonds. The predicted molar refractivity (Wildman–Crippen MR) is 79.5 cm³/mol. The highest BCUT2D eigenvalue weighted by Gasteiger charge is 2.04. The minimum Gasteiger partial charge on any atom is -0.497 e. The highest BCUT2D eigenvalue weighted by molar-refractivity contribution is 5.90. The standard InChI is InChI=1S/C17H15NO2/c1-19-16-9-7-13(8-10-16)15(12-18)11-14-5-3-4-6-17(14)20-2/h3-11H,1-2H3/b15-11-. The molecule has 20 heavy (non-hydrogen) atoms. The van der Waals surface area contributed by atoms with Gasteiger partial charge in [-0.05, 0) is 42.0 Å². The molecule has 0 saturated carbocycles. The van der Waals surface area contributed by atoms with Gasteiger partial charge in [-0.1, -0.05) is 18.2 Å². The molecule has 0 aromatic heterocycles. The molecule has 0 atom stereocenters. The Morgan fingerprint density at radius 1 is 1.00 bits per heavy atom. The lowest BCUT2D eigenvalue weighted by molar-refractivity contribution is 0.414. The molecular weight excluding hydrogens is 250 g/mol. The van der Waals surface area contributed by atoms with Crippen molar-refractivity contribution in [1.82, 2.24) is 0 Å². The van der Waals surface area contributed by atoms with Gasteiger partial charge in [-0.3, -0.25) is 0 Å². The fraction of sp³-hybridized carbons (Fsp3) is 0.118. The van der Waals surface area contributed by atoms with Crippen molar-refractivity contribution in [3.8, 4) is 17.6 Å². The number of hydrogen-bond donors (Lipinski definition) is 0. The number of rotatable bonds is 4. The van der Waals surface area contributed by atoms with Crippen molar-refractivity contribution in [3.05, 3.63) is 59.7 Å². The van der Waals surface area contributed by atoms with Crippen molar-refractivity contribution in [1.29, 1.82) is 5.26 Å². The van der Waals surface area contributed by atoms with Crippen LogP contribution >= 0.6 is 0 Å². The molecule has 0 heterocycles. The number of nitriles is 1. The van der Waals surface area contributed by atoms with Crippen LogP contribution in [0.1, 0.15) is 11.1 Å². The SMILES string of the molecule is COc1ccc(/C(C#N)=C\c2ccccc2OC)cc1. The second kappa shape index (κ2) is 6.44. The number of hydrogen-bond acceptors (Lipinski definition) is 3. The van der Waals surface area contributed by atoms with E-state index in [0.29, 0.717) is 5.57 Å². The monoisotopic (exact) mass is 265 g/mol. The van der Waals surface area contributed by atoms with Gasteiger partial charge in [0.05, 0.1) is 25.9 Å². The summed E-state index contributed by atoms with van der Waals surface area (Å²) in [6.07, 6.45) is 1.82. The molecule has 2 aromatic carbocycles. The molecule has 0 saturated heterocycles. The summed E-state index contributed by atoms with van der Waals surface area (Å²) in [4.78, 5) is 0. The highest BCUT2D eigenvalue weighted by Crippen LogP contribution is 2.25.